The molecule has 2 amide bonds. The molecule has 0 aliphatic carbocycles. The second-order valence-electron chi connectivity index (χ2n) is 7.23. The van der Waals surface area contributed by atoms with Crippen LogP contribution in [0.25, 0.3) is 0 Å². The summed E-state index contributed by atoms with van der Waals surface area (Å²) in [6.07, 6.45) is 1.89. The van der Waals surface area contributed by atoms with Gasteiger partial charge in [-0.25, -0.2) is 8.42 Å². The summed E-state index contributed by atoms with van der Waals surface area (Å²) in [5, 5.41) is 3.02. The minimum absolute atomic E-state index is 0.102. The van der Waals surface area contributed by atoms with Gasteiger partial charge in [-0.2, -0.15) is 0 Å². The van der Waals surface area contributed by atoms with Crippen LogP contribution >= 0.6 is 23.2 Å². The van der Waals surface area contributed by atoms with Gasteiger partial charge in [-0.15, -0.1) is 0 Å². The zero-order chi connectivity index (χ0) is 23.9. The van der Waals surface area contributed by atoms with E-state index < -0.39 is 28.5 Å². The Morgan fingerprint density at radius 1 is 1.09 bits per heavy atom. The van der Waals surface area contributed by atoms with E-state index in [1.807, 2.05) is 30.3 Å². The van der Waals surface area contributed by atoms with Crippen LogP contribution in [0.2, 0.25) is 10.0 Å². The summed E-state index contributed by atoms with van der Waals surface area (Å²) in [5.74, 6) is -0.822. The third-order valence-corrected chi connectivity index (χ3v) is 6.64. The average Bonchev–Trinajstić information content (AvgIpc) is 2.74. The molecule has 0 unspecified atom stereocenters. The van der Waals surface area contributed by atoms with Gasteiger partial charge in [0, 0.05) is 18.6 Å². The van der Waals surface area contributed by atoms with Gasteiger partial charge >= 0.3 is 0 Å². The number of halogens is 2. The van der Waals surface area contributed by atoms with Crippen molar-refractivity contribution in [3.8, 4) is 0 Å². The molecule has 0 heterocycles. The van der Waals surface area contributed by atoms with Crippen LogP contribution in [0, 0.1) is 0 Å². The molecule has 0 aliphatic rings. The minimum Gasteiger partial charge on any atom is -0.357 e. The quantitative estimate of drug-likeness (QED) is 0.542. The zero-order valence-electron chi connectivity index (χ0n) is 18.2. The van der Waals surface area contributed by atoms with E-state index in [0.29, 0.717) is 17.9 Å². The van der Waals surface area contributed by atoms with Crippen molar-refractivity contribution in [3.63, 3.8) is 0 Å². The fourth-order valence-corrected chi connectivity index (χ4v) is 4.76. The summed E-state index contributed by atoms with van der Waals surface area (Å²) in [5.41, 5.74) is 1.14. The predicted molar refractivity (Wildman–Crippen MR) is 129 cm³/mol. The number of amides is 2. The number of hydrogen-bond acceptors (Lipinski definition) is 4. The third kappa shape index (κ3) is 6.85. The highest BCUT2D eigenvalue weighted by molar-refractivity contribution is 7.92. The van der Waals surface area contributed by atoms with Crippen molar-refractivity contribution in [3.05, 3.63) is 64.1 Å². The summed E-state index contributed by atoms with van der Waals surface area (Å²) in [7, 11) is -2.35. The first-order valence-electron chi connectivity index (χ1n) is 10.1. The first-order valence-corrected chi connectivity index (χ1v) is 12.7. The fourth-order valence-electron chi connectivity index (χ4n) is 3.34. The van der Waals surface area contributed by atoms with Crippen molar-refractivity contribution < 1.29 is 18.0 Å². The molecule has 174 valence electrons. The van der Waals surface area contributed by atoms with Crippen LogP contribution in [0.4, 0.5) is 5.69 Å². The van der Waals surface area contributed by atoms with Gasteiger partial charge in [0.1, 0.15) is 12.6 Å². The lowest BCUT2D eigenvalue weighted by Gasteiger charge is -2.32. The Labute approximate surface area is 199 Å². The van der Waals surface area contributed by atoms with Crippen LogP contribution in [0.15, 0.2) is 48.5 Å². The summed E-state index contributed by atoms with van der Waals surface area (Å²) < 4.78 is 26.0. The smallest absolute Gasteiger partial charge is 0.244 e. The Balaban J connectivity index is 2.37. The van der Waals surface area contributed by atoms with Gasteiger partial charge in [-0.05, 0) is 36.6 Å². The summed E-state index contributed by atoms with van der Waals surface area (Å²) in [4.78, 5) is 27.3. The molecule has 32 heavy (non-hydrogen) atoms. The normalized spacial score (nSPS) is 12.2. The molecule has 0 saturated heterocycles. The first kappa shape index (κ1) is 26.0. The number of likely N-dealkylation sites (N-methyl/N-ethyl adjacent to an activating group) is 1. The molecule has 7 nitrogen and oxygen atoms in total. The van der Waals surface area contributed by atoms with E-state index in [1.165, 1.54) is 30.1 Å². The monoisotopic (exact) mass is 499 g/mol. The topological polar surface area (TPSA) is 86.8 Å². The van der Waals surface area contributed by atoms with Crippen molar-refractivity contribution in [2.45, 2.75) is 25.8 Å². The number of nitrogens with one attached hydrogen (secondary N) is 1. The van der Waals surface area contributed by atoms with Gasteiger partial charge in [0.25, 0.3) is 0 Å². The Hall–Kier alpha value is -2.29. The molecule has 1 atom stereocenters. The van der Waals surface area contributed by atoms with E-state index >= 15 is 0 Å². The lowest BCUT2D eigenvalue weighted by molar-refractivity contribution is -0.139. The van der Waals surface area contributed by atoms with Gasteiger partial charge in [0.15, 0.2) is 0 Å². The van der Waals surface area contributed by atoms with E-state index in [1.54, 1.807) is 6.92 Å². The standard InChI is InChI=1S/C22H27Cl2N3O4S/c1-4-19(22(29)25-2)26(13-12-16-8-6-5-7-9-16)21(28)15-27(32(3,30)31)20-11-10-17(23)14-18(20)24/h5-11,14,19H,4,12-13,15H2,1-3H3,(H,25,29)/t19-/m0/s1. The highest BCUT2D eigenvalue weighted by Crippen LogP contribution is 2.30. The molecular weight excluding hydrogens is 473 g/mol. The Kier molecular flexibility index (Phi) is 9.36. The minimum atomic E-state index is -3.85. The molecule has 0 bridgehead atoms. The summed E-state index contributed by atoms with van der Waals surface area (Å²) >= 11 is 12.1. The molecule has 0 radical (unpaired) electrons. The summed E-state index contributed by atoms with van der Waals surface area (Å²) in [6.45, 7) is 1.55. The third-order valence-electron chi connectivity index (χ3n) is 4.97. The maximum absolute atomic E-state index is 13.4. The molecule has 0 fully saturated rings. The van der Waals surface area contributed by atoms with Crippen LogP contribution in [-0.4, -0.2) is 57.6 Å². The summed E-state index contributed by atoms with van der Waals surface area (Å²) in [6, 6.07) is 13.2. The van der Waals surface area contributed by atoms with Crippen molar-refractivity contribution in [1.29, 1.82) is 0 Å². The van der Waals surface area contributed by atoms with Gasteiger partial charge in [0.2, 0.25) is 21.8 Å². The predicted octanol–water partition coefficient (Wildman–Crippen LogP) is 3.36. The fraction of sp³-hybridized carbons (Fsp3) is 0.364. The van der Waals surface area contributed by atoms with Gasteiger partial charge in [-0.3, -0.25) is 13.9 Å². The van der Waals surface area contributed by atoms with Crippen LogP contribution in [-0.2, 0) is 26.0 Å². The Morgan fingerprint density at radius 2 is 1.75 bits per heavy atom. The van der Waals surface area contributed by atoms with E-state index in [9.17, 15) is 18.0 Å². The number of sulfonamides is 1. The van der Waals surface area contributed by atoms with Gasteiger partial charge in [0.05, 0.1) is 17.0 Å². The lowest BCUT2D eigenvalue weighted by atomic mass is 10.1. The molecule has 2 aromatic carbocycles. The molecule has 1 N–H and O–H groups in total. The number of nitrogens with zero attached hydrogens (tertiary/aromatic N) is 2. The highest BCUT2D eigenvalue weighted by atomic mass is 35.5. The number of rotatable bonds is 10. The van der Waals surface area contributed by atoms with Crippen molar-refractivity contribution in [2.75, 3.05) is 30.7 Å². The molecule has 2 rings (SSSR count). The lowest BCUT2D eigenvalue weighted by Crippen LogP contribution is -2.52. The molecule has 10 heteroatoms. The number of anilines is 1. The van der Waals surface area contributed by atoms with E-state index in [2.05, 4.69) is 5.32 Å². The molecular formula is C22H27Cl2N3O4S. The maximum atomic E-state index is 13.4. The van der Waals surface area contributed by atoms with E-state index in [4.69, 9.17) is 23.2 Å². The first-order chi connectivity index (χ1) is 15.1. The van der Waals surface area contributed by atoms with E-state index in [-0.39, 0.29) is 23.2 Å². The zero-order valence-corrected chi connectivity index (χ0v) is 20.5. The van der Waals surface area contributed by atoms with Crippen molar-refractivity contribution in [1.82, 2.24) is 10.2 Å². The maximum Gasteiger partial charge on any atom is 0.244 e. The second-order valence-corrected chi connectivity index (χ2v) is 9.98. The van der Waals surface area contributed by atoms with Crippen LogP contribution in [0.3, 0.4) is 0 Å². The number of carbonyl (C=O) groups is 2. The SMILES string of the molecule is CC[C@@H](C(=O)NC)N(CCc1ccccc1)C(=O)CN(c1ccc(Cl)cc1Cl)S(C)(=O)=O. The molecule has 0 aliphatic heterocycles. The largest absolute Gasteiger partial charge is 0.357 e. The number of carbonyl (C=O) groups excluding carboxylic acids is 2. The number of hydrogen-bond donors (Lipinski definition) is 1. The molecule has 2 aromatic rings. The molecule has 0 saturated carbocycles. The average molecular weight is 500 g/mol. The highest BCUT2D eigenvalue weighted by Gasteiger charge is 2.31. The molecule has 0 spiro atoms. The van der Waals surface area contributed by atoms with Gasteiger partial charge in [-0.1, -0.05) is 60.5 Å². The van der Waals surface area contributed by atoms with Crippen molar-refractivity contribution in [2.24, 2.45) is 0 Å². The number of benzene rings is 2. The molecule has 0 aromatic heterocycles. The Bertz CT molecular complexity index is 1050. The van der Waals surface area contributed by atoms with Gasteiger partial charge < -0.3 is 10.2 Å². The van der Waals surface area contributed by atoms with Crippen LogP contribution in [0.1, 0.15) is 18.9 Å². The van der Waals surface area contributed by atoms with Crippen LogP contribution in [0.5, 0.6) is 0 Å². The second kappa shape index (κ2) is 11.5. The van der Waals surface area contributed by atoms with Crippen LogP contribution < -0.4 is 9.62 Å². The Morgan fingerprint density at radius 3 is 2.28 bits per heavy atom. The van der Waals surface area contributed by atoms with E-state index in [0.717, 1.165) is 16.1 Å². The van der Waals surface area contributed by atoms with Crippen molar-refractivity contribution >= 4 is 50.7 Å².